The molecule has 2 unspecified atom stereocenters. The molecule has 1 aliphatic heterocycles. The molecule has 1 rings (SSSR count). The van der Waals surface area contributed by atoms with Crippen molar-refractivity contribution in [1.82, 2.24) is 10.6 Å². The molecule has 0 aromatic carbocycles. The Morgan fingerprint density at radius 1 is 1.69 bits per heavy atom. The van der Waals surface area contributed by atoms with Gasteiger partial charge in [0.15, 0.2) is 0 Å². The monoisotopic (exact) mass is 223 g/mol. The normalized spacial score (nSPS) is 25.5. The fraction of sp³-hybridized carbons (Fsp3) is 0.833. The highest BCUT2D eigenvalue weighted by Gasteiger charge is 2.36. The molecule has 90 valence electrons. The fourth-order valence-corrected chi connectivity index (χ4v) is 2.06. The Balaban J connectivity index is 2.50. The lowest BCUT2D eigenvalue weighted by atomic mass is 9.77. The molecular formula is C12H21N3O. The van der Waals surface area contributed by atoms with Gasteiger partial charge in [-0.1, -0.05) is 13.8 Å². The summed E-state index contributed by atoms with van der Waals surface area (Å²) in [6, 6.07) is 1.98. The SMILES string of the molecule is CC(C#N)CNC(=O)C1NCCCC1(C)C. The Morgan fingerprint density at radius 3 is 2.94 bits per heavy atom. The van der Waals surface area contributed by atoms with Crippen LogP contribution in [0, 0.1) is 22.7 Å². The standard InChI is InChI=1S/C12H21N3O/c1-9(7-13)8-15-11(16)10-12(2,3)5-4-6-14-10/h9-10,14H,4-6,8H2,1-3H3,(H,15,16). The number of hydrogen-bond acceptors (Lipinski definition) is 3. The van der Waals surface area contributed by atoms with Crippen LogP contribution < -0.4 is 10.6 Å². The molecule has 2 N–H and O–H groups in total. The van der Waals surface area contributed by atoms with Crippen LogP contribution in [0.25, 0.3) is 0 Å². The highest BCUT2D eigenvalue weighted by Crippen LogP contribution is 2.29. The summed E-state index contributed by atoms with van der Waals surface area (Å²) in [4.78, 5) is 12.0. The van der Waals surface area contributed by atoms with E-state index in [1.807, 2.05) is 0 Å². The van der Waals surface area contributed by atoms with Crippen LogP contribution in [0.5, 0.6) is 0 Å². The van der Waals surface area contributed by atoms with Crippen molar-refractivity contribution in [3.63, 3.8) is 0 Å². The van der Waals surface area contributed by atoms with Gasteiger partial charge in [-0.15, -0.1) is 0 Å². The topological polar surface area (TPSA) is 64.9 Å². The third kappa shape index (κ3) is 3.21. The summed E-state index contributed by atoms with van der Waals surface area (Å²) in [5.74, 6) is -0.109. The van der Waals surface area contributed by atoms with E-state index in [1.54, 1.807) is 6.92 Å². The summed E-state index contributed by atoms with van der Waals surface area (Å²) < 4.78 is 0. The molecule has 0 saturated carbocycles. The van der Waals surface area contributed by atoms with Crippen LogP contribution in [0.15, 0.2) is 0 Å². The Bertz CT molecular complexity index is 293. The third-order valence-electron chi connectivity index (χ3n) is 3.19. The summed E-state index contributed by atoms with van der Waals surface area (Å²) >= 11 is 0. The van der Waals surface area contributed by atoms with Gasteiger partial charge in [-0.25, -0.2) is 0 Å². The first-order chi connectivity index (χ1) is 7.47. The molecule has 0 aliphatic carbocycles. The van der Waals surface area contributed by atoms with E-state index in [4.69, 9.17) is 5.26 Å². The lowest BCUT2D eigenvalue weighted by Crippen LogP contribution is -2.56. The zero-order valence-corrected chi connectivity index (χ0v) is 10.3. The second kappa shape index (κ2) is 5.31. The minimum atomic E-state index is -0.132. The van der Waals surface area contributed by atoms with Gasteiger partial charge in [0.1, 0.15) is 0 Å². The summed E-state index contributed by atoms with van der Waals surface area (Å²) in [6.45, 7) is 7.35. The van der Waals surface area contributed by atoms with Gasteiger partial charge in [-0.2, -0.15) is 5.26 Å². The van der Waals surface area contributed by atoms with Crippen molar-refractivity contribution in [2.45, 2.75) is 39.7 Å². The van der Waals surface area contributed by atoms with Gasteiger partial charge in [-0.3, -0.25) is 4.79 Å². The van der Waals surface area contributed by atoms with Crippen molar-refractivity contribution < 1.29 is 4.79 Å². The maximum Gasteiger partial charge on any atom is 0.237 e. The molecule has 0 radical (unpaired) electrons. The van der Waals surface area contributed by atoms with E-state index in [1.165, 1.54) is 0 Å². The Hall–Kier alpha value is -1.08. The van der Waals surface area contributed by atoms with Gasteiger partial charge in [0.25, 0.3) is 0 Å². The zero-order valence-electron chi connectivity index (χ0n) is 10.3. The number of nitrogens with zero attached hydrogens (tertiary/aromatic N) is 1. The van der Waals surface area contributed by atoms with Crippen LogP contribution >= 0.6 is 0 Å². The first-order valence-electron chi connectivity index (χ1n) is 5.88. The maximum atomic E-state index is 12.0. The zero-order chi connectivity index (χ0) is 12.2. The molecule has 2 atom stereocenters. The van der Waals surface area contributed by atoms with Gasteiger partial charge in [0.2, 0.25) is 5.91 Å². The number of nitriles is 1. The van der Waals surface area contributed by atoms with Gasteiger partial charge >= 0.3 is 0 Å². The molecule has 16 heavy (non-hydrogen) atoms. The van der Waals surface area contributed by atoms with Crippen LogP contribution in [0.2, 0.25) is 0 Å². The van der Waals surface area contributed by atoms with Crippen molar-refractivity contribution in [2.75, 3.05) is 13.1 Å². The third-order valence-corrected chi connectivity index (χ3v) is 3.19. The van der Waals surface area contributed by atoms with E-state index >= 15 is 0 Å². The molecule has 0 bridgehead atoms. The van der Waals surface area contributed by atoms with Crippen LogP contribution in [0.3, 0.4) is 0 Å². The smallest absolute Gasteiger partial charge is 0.237 e. The van der Waals surface area contributed by atoms with Crippen molar-refractivity contribution in [1.29, 1.82) is 5.26 Å². The summed E-state index contributed by atoms with van der Waals surface area (Å²) in [7, 11) is 0. The molecule has 1 aliphatic rings. The average Bonchev–Trinajstić information content (AvgIpc) is 2.24. The van der Waals surface area contributed by atoms with E-state index in [9.17, 15) is 4.79 Å². The van der Waals surface area contributed by atoms with Crippen molar-refractivity contribution in [2.24, 2.45) is 11.3 Å². The summed E-state index contributed by atoms with van der Waals surface area (Å²) in [5.41, 5.74) is -0.00177. The Labute approximate surface area is 97.4 Å². The van der Waals surface area contributed by atoms with E-state index in [0.29, 0.717) is 6.54 Å². The number of carbonyl (C=O) groups is 1. The number of nitrogens with one attached hydrogen (secondary N) is 2. The van der Waals surface area contributed by atoms with Gasteiger partial charge in [-0.05, 0) is 31.7 Å². The van der Waals surface area contributed by atoms with Gasteiger partial charge in [0, 0.05) is 6.54 Å². The second-order valence-corrected chi connectivity index (χ2v) is 5.25. The minimum absolute atomic E-state index is 0.00177. The quantitative estimate of drug-likeness (QED) is 0.751. The summed E-state index contributed by atoms with van der Waals surface area (Å²) in [5, 5.41) is 14.7. The average molecular weight is 223 g/mol. The maximum absolute atomic E-state index is 12.0. The number of amides is 1. The van der Waals surface area contributed by atoms with Crippen LogP contribution in [-0.2, 0) is 4.79 Å². The predicted molar refractivity (Wildman–Crippen MR) is 62.6 cm³/mol. The predicted octanol–water partition coefficient (Wildman–Crippen LogP) is 1.04. The van der Waals surface area contributed by atoms with Crippen LogP contribution in [0.1, 0.15) is 33.6 Å². The Morgan fingerprint density at radius 2 is 2.38 bits per heavy atom. The van der Waals surface area contributed by atoms with E-state index in [0.717, 1.165) is 19.4 Å². The first kappa shape index (κ1) is 13.0. The minimum Gasteiger partial charge on any atom is -0.353 e. The van der Waals surface area contributed by atoms with Crippen LogP contribution in [0.4, 0.5) is 0 Å². The van der Waals surface area contributed by atoms with E-state index in [-0.39, 0.29) is 23.3 Å². The number of hydrogen-bond donors (Lipinski definition) is 2. The second-order valence-electron chi connectivity index (χ2n) is 5.25. The fourth-order valence-electron chi connectivity index (χ4n) is 2.06. The molecule has 4 nitrogen and oxygen atoms in total. The molecular weight excluding hydrogens is 202 g/mol. The number of piperidine rings is 1. The molecule has 1 saturated heterocycles. The van der Waals surface area contributed by atoms with E-state index < -0.39 is 0 Å². The Kier molecular flexibility index (Phi) is 4.31. The van der Waals surface area contributed by atoms with Crippen molar-refractivity contribution >= 4 is 5.91 Å². The molecule has 0 aromatic heterocycles. The molecule has 0 spiro atoms. The lowest BCUT2D eigenvalue weighted by Gasteiger charge is -2.38. The van der Waals surface area contributed by atoms with Crippen molar-refractivity contribution in [3.05, 3.63) is 0 Å². The largest absolute Gasteiger partial charge is 0.353 e. The highest BCUT2D eigenvalue weighted by atomic mass is 16.2. The molecule has 0 aromatic rings. The lowest BCUT2D eigenvalue weighted by molar-refractivity contribution is -0.126. The van der Waals surface area contributed by atoms with Gasteiger partial charge < -0.3 is 10.6 Å². The molecule has 1 fully saturated rings. The van der Waals surface area contributed by atoms with E-state index in [2.05, 4.69) is 30.6 Å². The summed E-state index contributed by atoms with van der Waals surface area (Å²) in [6.07, 6.45) is 2.18. The van der Waals surface area contributed by atoms with Gasteiger partial charge in [0.05, 0.1) is 18.0 Å². The first-order valence-corrected chi connectivity index (χ1v) is 5.88. The molecule has 1 heterocycles. The molecule has 4 heteroatoms. The highest BCUT2D eigenvalue weighted by molar-refractivity contribution is 5.82. The number of rotatable bonds is 3. The molecule has 1 amide bonds. The number of carbonyl (C=O) groups excluding carboxylic acids is 1. The van der Waals surface area contributed by atoms with Crippen molar-refractivity contribution in [3.8, 4) is 6.07 Å². The van der Waals surface area contributed by atoms with Crippen LogP contribution in [-0.4, -0.2) is 25.0 Å².